The molecule has 13 heteroatoms. The first kappa shape index (κ1) is 25.7. The van der Waals surface area contributed by atoms with Crippen molar-refractivity contribution in [2.45, 2.75) is 31.0 Å². The summed E-state index contributed by atoms with van der Waals surface area (Å²) in [5.74, 6) is -3.16. The van der Waals surface area contributed by atoms with Gasteiger partial charge in [-0.1, -0.05) is 12.1 Å². The molecule has 12 nitrogen and oxygen atoms in total. The van der Waals surface area contributed by atoms with Gasteiger partial charge in [-0.15, -0.1) is 0 Å². The van der Waals surface area contributed by atoms with Gasteiger partial charge in [0.1, 0.15) is 24.4 Å². The van der Waals surface area contributed by atoms with Crippen LogP contribution in [0.4, 0.5) is 0 Å². The number of H-pyrrole nitrogens is 1. The minimum absolute atomic E-state index is 0.00716. The zero-order chi connectivity index (χ0) is 24.4. The third-order valence-corrected chi connectivity index (χ3v) is 4.96. The Morgan fingerprint density at radius 3 is 2.24 bits per heavy atom. The number of imidazole rings is 1. The minimum Gasteiger partial charge on any atom is -0.508 e. The summed E-state index contributed by atoms with van der Waals surface area (Å²) in [6, 6.07) is 2.84. The Balaban J connectivity index is 2.21. The van der Waals surface area contributed by atoms with E-state index in [-0.39, 0.29) is 24.3 Å². The molecule has 0 spiro atoms. The molecule has 0 radical (unpaired) electrons. The minimum atomic E-state index is -1.24. The Morgan fingerprint density at radius 2 is 1.67 bits per heavy atom. The van der Waals surface area contributed by atoms with Gasteiger partial charge in [-0.05, 0) is 17.7 Å². The Hall–Kier alpha value is -3.58. The number of hydrogen-bond acceptors (Lipinski definition) is 8. The summed E-state index contributed by atoms with van der Waals surface area (Å²) in [5, 5.41) is 25.6. The van der Waals surface area contributed by atoms with Gasteiger partial charge in [0.05, 0.1) is 12.4 Å². The number of nitrogens with one attached hydrogen (secondary N) is 4. The topological polar surface area (TPSA) is 200 Å². The summed E-state index contributed by atoms with van der Waals surface area (Å²) in [6.45, 7) is -0.626. The molecule has 3 amide bonds. The quantitative estimate of drug-likeness (QED) is 0.165. The molecule has 0 saturated carbocycles. The van der Waals surface area contributed by atoms with E-state index in [1.165, 1.54) is 24.7 Å². The van der Waals surface area contributed by atoms with E-state index in [2.05, 4.69) is 38.5 Å². The van der Waals surface area contributed by atoms with Crippen LogP contribution in [0.3, 0.4) is 0 Å². The predicted molar refractivity (Wildman–Crippen MR) is 120 cm³/mol. The van der Waals surface area contributed by atoms with Crippen LogP contribution in [-0.2, 0) is 32.0 Å². The zero-order valence-electron chi connectivity index (χ0n) is 17.5. The molecule has 0 bridgehead atoms. The van der Waals surface area contributed by atoms with Crippen molar-refractivity contribution < 1.29 is 29.4 Å². The lowest BCUT2D eigenvalue weighted by Gasteiger charge is -2.24. The number of hydrogen-bond donors (Lipinski definition) is 8. The van der Waals surface area contributed by atoms with E-state index in [4.69, 9.17) is 10.8 Å². The number of phenols is 1. The van der Waals surface area contributed by atoms with Crippen LogP contribution in [0.5, 0.6) is 5.75 Å². The van der Waals surface area contributed by atoms with Gasteiger partial charge in [-0.25, -0.2) is 4.98 Å². The standard InChI is InChI=1S/C20H26N6O6S/c21-14(9-33)18(30)25-15(5-11-1-3-13(27)4-2-11)20(32)26-16(6-12-7-22-10-24-12)19(31)23-8-17(28)29/h1-4,7,10,14-16,27,33H,5-6,8-9,21H2,(H,22,24)(H,23,31)(H,25,30)(H,26,32)(H,28,29). The number of nitrogens with two attached hydrogens (primary N) is 1. The largest absolute Gasteiger partial charge is 0.508 e. The van der Waals surface area contributed by atoms with Crippen molar-refractivity contribution in [2.24, 2.45) is 5.73 Å². The lowest BCUT2D eigenvalue weighted by molar-refractivity contribution is -0.138. The molecule has 1 aromatic heterocycles. The number of amides is 3. The highest BCUT2D eigenvalue weighted by Crippen LogP contribution is 2.12. The average molecular weight is 479 g/mol. The molecular formula is C20H26N6O6S. The van der Waals surface area contributed by atoms with Crippen molar-refractivity contribution >= 4 is 36.3 Å². The fraction of sp³-hybridized carbons (Fsp3) is 0.350. The number of carbonyl (C=O) groups is 4. The highest BCUT2D eigenvalue weighted by atomic mass is 32.1. The summed E-state index contributed by atoms with van der Waals surface area (Å²) >= 11 is 3.99. The molecule has 1 aromatic carbocycles. The van der Waals surface area contributed by atoms with Crippen molar-refractivity contribution in [3.8, 4) is 5.75 Å². The summed E-state index contributed by atoms with van der Waals surface area (Å²) in [4.78, 5) is 55.4. The maximum atomic E-state index is 13.1. The molecule has 0 saturated heterocycles. The van der Waals surface area contributed by atoms with Crippen LogP contribution < -0.4 is 21.7 Å². The normalized spacial score (nSPS) is 13.4. The first-order valence-electron chi connectivity index (χ1n) is 9.91. The summed E-state index contributed by atoms with van der Waals surface area (Å²) in [5.41, 5.74) is 6.86. The number of aromatic nitrogens is 2. The maximum Gasteiger partial charge on any atom is 0.322 e. The fourth-order valence-corrected chi connectivity index (χ4v) is 2.99. The van der Waals surface area contributed by atoms with Crippen LogP contribution in [0.15, 0.2) is 36.8 Å². The monoisotopic (exact) mass is 478 g/mol. The van der Waals surface area contributed by atoms with Gasteiger partial charge in [0.15, 0.2) is 0 Å². The summed E-state index contributed by atoms with van der Waals surface area (Å²) in [6.07, 6.45) is 2.92. The Kier molecular flexibility index (Phi) is 9.69. The van der Waals surface area contributed by atoms with Crippen molar-refractivity contribution in [1.29, 1.82) is 0 Å². The molecule has 1 heterocycles. The van der Waals surface area contributed by atoms with Crippen molar-refractivity contribution in [2.75, 3.05) is 12.3 Å². The molecule has 2 rings (SSSR count). The molecular weight excluding hydrogens is 452 g/mol. The molecule has 0 aliphatic rings. The van der Waals surface area contributed by atoms with E-state index in [0.717, 1.165) is 0 Å². The molecule has 3 unspecified atom stereocenters. The number of aliphatic carboxylic acids is 1. The van der Waals surface area contributed by atoms with Crippen LogP contribution in [0.2, 0.25) is 0 Å². The number of phenolic OH excluding ortho intramolecular Hbond substituents is 1. The van der Waals surface area contributed by atoms with Gasteiger partial charge >= 0.3 is 5.97 Å². The number of carboxylic acid groups (broad SMARTS) is 1. The summed E-state index contributed by atoms with van der Waals surface area (Å²) in [7, 11) is 0. The maximum absolute atomic E-state index is 13.1. The zero-order valence-corrected chi connectivity index (χ0v) is 18.4. The van der Waals surface area contributed by atoms with E-state index in [0.29, 0.717) is 11.3 Å². The first-order chi connectivity index (χ1) is 15.7. The number of carbonyl (C=O) groups excluding carboxylic acids is 3. The summed E-state index contributed by atoms with van der Waals surface area (Å²) < 4.78 is 0. The van der Waals surface area contributed by atoms with E-state index < -0.39 is 48.4 Å². The smallest absolute Gasteiger partial charge is 0.322 e. The first-order valence-corrected chi connectivity index (χ1v) is 10.5. The number of rotatable bonds is 12. The van der Waals surface area contributed by atoms with Crippen LogP contribution in [-0.4, -0.2) is 74.3 Å². The fourth-order valence-electron chi connectivity index (χ4n) is 2.82. The molecule has 3 atom stereocenters. The average Bonchev–Trinajstić information content (AvgIpc) is 3.30. The van der Waals surface area contributed by atoms with Crippen LogP contribution in [0.25, 0.3) is 0 Å². The molecule has 0 aliphatic carbocycles. The number of aromatic amines is 1. The predicted octanol–water partition coefficient (Wildman–Crippen LogP) is -1.67. The highest BCUT2D eigenvalue weighted by Gasteiger charge is 2.29. The van der Waals surface area contributed by atoms with Gasteiger partial charge in [-0.3, -0.25) is 19.2 Å². The second-order valence-electron chi connectivity index (χ2n) is 7.17. The van der Waals surface area contributed by atoms with Crippen molar-refractivity contribution in [3.05, 3.63) is 48.0 Å². The lowest BCUT2D eigenvalue weighted by atomic mass is 10.0. The van der Waals surface area contributed by atoms with E-state index in [9.17, 15) is 24.3 Å². The Bertz CT molecular complexity index is 952. The third kappa shape index (κ3) is 8.46. The van der Waals surface area contributed by atoms with E-state index in [1.54, 1.807) is 12.1 Å². The van der Waals surface area contributed by atoms with Crippen LogP contribution in [0.1, 0.15) is 11.3 Å². The lowest BCUT2D eigenvalue weighted by Crippen LogP contribution is -2.57. The van der Waals surface area contributed by atoms with E-state index >= 15 is 0 Å². The number of nitrogens with zero attached hydrogens (tertiary/aromatic N) is 1. The van der Waals surface area contributed by atoms with Gasteiger partial charge in [0.25, 0.3) is 0 Å². The molecule has 178 valence electrons. The molecule has 0 fully saturated rings. The number of aromatic hydroxyl groups is 1. The molecule has 0 aliphatic heterocycles. The van der Waals surface area contributed by atoms with Gasteiger partial charge in [-0.2, -0.15) is 12.6 Å². The number of thiol groups is 1. The van der Waals surface area contributed by atoms with Gasteiger partial charge in [0.2, 0.25) is 17.7 Å². The molecule has 33 heavy (non-hydrogen) atoms. The van der Waals surface area contributed by atoms with Gasteiger partial charge in [0, 0.05) is 30.5 Å². The second-order valence-corrected chi connectivity index (χ2v) is 7.54. The molecule has 2 aromatic rings. The van der Waals surface area contributed by atoms with Crippen molar-refractivity contribution in [3.63, 3.8) is 0 Å². The van der Waals surface area contributed by atoms with Crippen molar-refractivity contribution in [1.82, 2.24) is 25.9 Å². The van der Waals surface area contributed by atoms with E-state index in [1.807, 2.05) is 0 Å². The Labute approximate surface area is 194 Å². The van der Waals surface area contributed by atoms with Crippen LogP contribution in [0, 0.1) is 0 Å². The third-order valence-electron chi connectivity index (χ3n) is 4.57. The number of benzene rings is 1. The molecule has 8 N–H and O–H groups in total. The Morgan fingerprint density at radius 1 is 1.03 bits per heavy atom. The highest BCUT2D eigenvalue weighted by molar-refractivity contribution is 7.80. The number of carboxylic acids is 1. The second kappa shape index (κ2) is 12.5. The SMILES string of the molecule is NC(CS)C(=O)NC(Cc1ccc(O)cc1)C(=O)NC(Cc1cnc[nH]1)C(=O)NCC(=O)O. The van der Waals surface area contributed by atoms with Crippen LogP contribution >= 0.6 is 12.6 Å². The van der Waals surface area contributed by atoms with Gasteiger partial charge < -0.3 is 36.9 Å².